The molecule has 0 radical (unpaired) electrons. The maximum Gasteiger partial charge on any atom is 0.117 e. The molecular weight excluding hydrogens is 177 g/mol. The highest BCUT2D eigenvalue weighted by molar-refractivity contribution is 5.07. The highest BCUT2D eigenvalue weighted by Gasteiger charge is 2.52. The van der Waals surface area contributed by atoms with Gasteiger partial charge in [0.25, 0.3) is 0 Å². The molecule has 0 aliphatic carbocycles. The Morgan fingerprint density at radius 3 is 3.00 bits per heavy atom. The number of halogens is 1. The van der Waals surface area contributed by atoms with E-state index in [-0.39, 0.29) is 12.0 Å². The lowest BCUT2D eigenvalue weighted by Gasteiger charge is -2.35. The average molecular weight is 201 g/mol. The summed E-state index contributed by atoms with van der Waals surface area (Å²) < 4.78 is 30.5. The van der Waals surface area contributed by atoms with Gasteiger partial charge in [0.1, 0.15) is 6.17 Å². The van der Waals surface area contributed by atoms with Crippen molar-refractivity contribution in [1.29, 1.82) is 0 Å². The molecule has 2 rings (SSSR count). The van der Waals surface area contributed by atoms with Crippen LogP contribution in [-0.4, -0.2) is 29.2 Å². The lowest BCUT2D eigenvalue weighted by Crippen LogP contribution is -2.42. The van der Waals surface area contributed by atoms with Crippen LogP contribution in [0.1, 0.15) is 49.1 Å². The van der Waals surface area contributed by atoms with Crippen LogP contribution in [0, 0.1) is 5.92 Å². The first-order chi connectivity index (χ1) is 7.33. The summed E-state index contributed by atoms with van der Waals surface area (Å²) in [5.74, 6) is -0.0643. The third-order valence-corrected chi connectivity index (χ3v) is 3.64. The summed E-state index contributed by atoms with van der Waals surface area (Å²) in [6, 6.07) is -0.115. The van der Waals surface area contributed by atoms with Crippen LogP contribution in [0.4, 0.5) is 4.39 Å². The van der Waals surface area contributed by atoms with Gasteiger partial charge in [0, 0.05) is 14.3 Å². The summed E-state index contributed by atoms with van der Waals surface area (Å²) in [7, 11) is 0. The molecule has 2 fully saturated rings. The summed E-state index contributed by atoms with van der Waals surface area (Å²) in [5, 5.41) is 0. The zero-order chi connectivity index (χ0) is 12.1. The molecule has 0 aromatic heterocycles. The first-order valence-electron chi connectivity index (χ1n) is 6.74. The number of fused-ring (bicyclic) bond motifs is 1. The Balaban J connectivity index is 2.36. The molecule has 2 aliphatic rings. The van der Waals surface area contributed by atoms with E-state index in [4.69, 9.17) is 2.74 Å². The molecule has 0 bridgehead atoms. The van der Waals surface area contributed by atoms with E-state index in [0.717, 1.165) is 19.4 Å². The topological polar surface area (TPSA) is 3.24 Å². The number of hydrogen-bond donors (Lipinski definition) is 0. The monoisotopic (exact) mass is 201 g/mol. The van der Waals surface area contributed by atoms with E-state index in [1.54, 1.807) is 0 Å². The van der Waals surface area contributed by atoms with Gasteiger partial charge in [-0.3, -0.25) is 4.90 Å². The van der Waals surface area contributed by atoms with E-state index in [1.165, 1.54) is 0 Å². The van der Waals surface area contributed by atoms with E-state index in [0.29, 0.717) is 6.42 Å². The quantitative estimate of drug-likeness (QED) is 0.664. The van der Waals surface area contributed by atoms with Gasteiger partial charge in [0.05, 0.1) is 0 Å². The first kappa shape index (κ1) is 8.09. The van der Waals surface area contributed by atoms with Crippen LogP contribution in [0.3, 0.4) is 0 Å². The Morgan fingerprint density at radius 2 is 2.36 bits per heavy atom. The van der Waals surface area contributed by atoms with Crippen molar-refractivity contribution in [1.82, 2.24) is 4.90 Å². The second-order valence-electron chi connectivity index (χ2n) is 5.09. The van der Waals surface area contributed by atoms with Crippen LogP contribution in [0.5, 0.6) is 0 Å². The van der Waals surface area contributed by atoms with Crippen molar-refractivity contribution in [3.8, 4) is 0 Å². The fourth-order valence-electron chi connectivity index (χ4n) is 3.15. The molecule has 0 N–H and O–H groups in total. The molecule has 0 spiro atoms. The third-order valence-electron chi connectivity index (χ3n) is 3.64. The maximum absolute atomic E-state index is 13.9. The van der Waals surface area contributed by atoms with Crippen molar-refractivity contribution in [2.75, 3.05) is 6.54 Å². The summed E-state index contributed by atoms with van der Waals surface area (Å²) in [6.45, 7) is 6.56. The van der Waals surface area contributed by atoms with Gasteiger partial charge in [-0.25, -0.2) is 4.39 Å². The minimum absolute atomic E-state index is 0.0643. The predicted octanol–water partition coefficient (Wildman–Crippen LogP) is 3.00. The Morgan fingerprint density at radius 1 is 1.64 bits per heavy atom. The van der Waals surface area contributed by atoms with Crippen LogP contribution < -0.4 is 0 Å². The highest BCUT2D eigenvalue weighted by Crippen LogP contribution is 2.46. The van der Waals surface area contributed by atoms with E-state index < -0.39 is 18.1 Å². The van der Waals surface area contributed by atoms with Gasteiger partial charge in [0.15, 0.2) is 0 Å². The molecule has 0 aromatic rings. The molecule has 3 atom stereocenters. The molecule has 1 nitrogen and oxygen atoms in total. The zero-order valence-electron chi connectivity index (χ0n) is 11.4. The molecule has 2 saturated heterocycles. The van der Waals surface area contributed by atoms with Crippen molar-refractivity contribution in [2.24, 2.45) is 5.92 Å². The van der Waals surface area contributed by atoms with Crippen molar-refractivity contribution >= 4 is 0 Å². The SMILES string of the molecule is [2H]C([2H])(C(C)C)[C@@]12CCCN1[C@H](C)[C@H](F)C2. The molecule has 0 amide bonds. The third kappa shape index (κ3) is 1.48. The number of rotatable bonds is 2. The van der Waals surface area contributed by atoms with Gasteiger partial charge >= 0.3 is 0 Å². The van der Waals surface area contributed by atoms with E-state index in [9.17, 15) is 4.39 Å². The predicted molar refractivity (Wildman–Crippen MR) is 57.1 cm³/mol. The average Bonchev–Trinajstić information content (AvgIpc) is 2.69. The summed E-state index contributed by atoms with van der Waals surface area (Å²) in [4.78, 5) is 2.09. The highest BCUT2D eigenvalue weighted by atomic mass is 19.1. The molecule has 0 saturated carbocycles. The summed E-state index contributed by atoms with van der Waals surface area (Å²) in [5.41, 5.74) is -0.542. The Kier molecular flexibility index (Phi) is 2.01. The molecule has 2 aliphatic heterocycles. The second-order valence-corrected chi connectivity index (χ2v) is 5.09. The van der Waals surface area contributed by atoms with Gasteiger partial charge < -0.3 is 0 Å². The lowest BCUT2D eigenvalue weighted by molar-refractivity contribution is 0.128. The van der Waals surface area contributed by atoms with Crippen molar-refractivity contribution in [3.05, 3.63) is 0 Å². The lowest BCUT2D eigenvalue weighted by atomic mass is 9.85. The number of nitrogens with zero attached hydrogens (tertiary/aromatic N) is 1. The van der Waals surface area contributed by atoms with Gasteiger partial charge in [0.2, 0.25) is 0 Å². The molecule has 0 aromatic carbocycles. The van der Waals surface area contributed by atoms with Gasteiger partial charge in [-0.15, -0.1) is 0 Å². The minimum Gasteiger partial charge on any atom is -0.292 e. The van der Waals surface area contributed by atoms with Crippen LogP contribution in [0.15, 0.2) is 0 Å². The van der Waals surface area contributed by atoms with Gasteiger partial charge in [-0.1, -0.05) is 13.8 Å². The van der Waals surface area contributed by atoms with Crippen LogP contribution in [0.25, 0.3) is 0 Å². The van der Waals surface area contributed by atoms with Crippen LogP contribution >= 0.6 is 0 Å². The van der Waals surface area contributed by atoms with Crippen LogP contribution in [0.2, 0.25) is 0 Å². The number of hydrogen-bond acceptors (Lipinski definition) is 1. The molecule has 2 heteroatoms. The molecule has 0 unspecified atom stereocenters. The van der Waals surface area contributed by atoms with E-state index >= 15 is 0 Å². The molecule has 82 valence electrons. The summed E-state index contributed by atoms with van der Waals surface area (Å²) in [6.07, 6.45) is 0.0265. The number of alkyl halides is 1. The molecular formula is C12H22FN. The fraction of sp³-hybridized carbons (Fsp3) is 1.00. The smallest absolute Gasteiger partial charge is 0.117 e. The standard InChI is InChI=1S/C12H22FN/c1-9(2)7-12-5-4-6-14(12)10(3)11(13)8-12/h9-11H,4-8H2,1-3H3/t10-,11-,12-/m1/s1/i7D2. The van der Waals surface area contributed by atoms with E-state index in [2.05, 4.69) is 4.90 Å². The van der Waals surface area contributed by atoms with E-state index in [1.807, 2.05) is 20.8 Å². The van der Waals surface area contributed by atoms with Crippen molar-refractivity contribution < 1.29 is 7.13 Å². The second kappa shape index (κ2) is 3.48. The molecule has 14 heavy (non-hydrogen) atoms. The normalized spacial score (nSPS) is 46.6. The summed E-state index contributed by atoms with van der Waals surface area (Å²) >= 11 is 0. The Labute approximate surface area is 89.5 Å². The van der Waals surface area contributed by atoms with Crippen molar-refractivity contribution in [3.63, 3.8) is 0 Å². The zero-order valence-corrected chi connectivity index (χ0v) is 9.39. The first-order valence-corrected chi connectivity index (χ1v) is 5.74. The van der Waals surface area contributed by atoms with Gasteiger partial charge in [-0.2, -0.15) is 0 Å². The molecule has 2 heterocycles. The minimum atomic E-state index is -1.29. The van der Waals surface area contributed by atoms with Crippen molar-refractivity contribution in [2.45, 2.75) is 64.2 Å². The fourth-order valence-corrected chi connectivity index (χ4v) is 3.15. The Bertz CT molecular complexity index is 282. The Hall–Kier alpha value is -0.110. The maximum atomic E-state index is 13.9. The van der Waals surface area contributed by atoms with Crippen LogP contribution in [-0.2, 0) is 0 Å². The largest absolute Gasteiger partial charge is 0.292 e. The van der Waals surface area contributed by atoms with Gasteiger partial charge in [-0.05, 0) is 45.0 Å².